The number of rotatable bonds is 8. The van der Waals surface area contributed by atoms with Gasteiger partial charge in [-0.05, 0) is 48.0 Å². The number of nitrogens with zero attached hydrogens (tertiary/aromatic N) is 2. The van der Waals surface area contributed by atoms with Crippen LogP contribution in [0.3, 0.4) is 0 Å². The molecule has 0 aliphatic carbocycles. The first-order valence-electron chi connectivity index (χ1n) is 10.1. The summed E-state index contributed by atoms with van der Waals surface area (Å²) in [4.78, 5) is 17.5. The maximum Gasteiger partial charge on any atom is 0.286 e. The molecule has 0 aliphatic rings. The van der Waals surface area contributed by atoms with Crippen LogP contribution in [0, 0.1) is 0 Å². The van der Waals surface area contributed by atoms with E-state index in [0.717, 1.165) is 26.7 Å². The first-order chi connectivity index (χ1) is 15.2. The van der Waals surface area contributed by atoms with E-state index in [0.29, 0.717) is 30.3 Å². The average Bonchev–Trinajstić information content (AvgIpc) is 3.13. The standard InChI is InChI=1S/C24H24N2O4S/c1-3-29-13-12-26-21-11-10-19(28-2)15-22(21)31-24(26)25-23(27)16-30-20-9-8-17-6-4-5-7-18(17)14-20/h4-11,14-15H,3,12-13,16H2,1-2H3. The van der Waals surface area contributed by atoms with Crippen molar-refractivity contribution in [1.29, 1.82) is 0 Å². The van der Waals surface area contributed by atoms with Crippen LogP contribution in [0.2, 0.25) is 0 Å². The lowest BCUT2D eigenvalue weighted by Crippen LogP contribution is -2.21. The summed E-state index contributed by atoms with van der Waals surface area (Å²) in [6, 6.07) is 19.6. The van der Waals surface area contributed by atoms with E-state index < -0.39 is 0 Å². The van der Waals surface area contributed by atoms with Gasteiger partial charge in [-0.25, -0.2) is 0 Å². The molecule has 3 aromatic carbocycles. The van der Waals surface area contributed by atoms with Gasteiger partial charge in [-0.2, -0.15) is 4.99 Å². The fourth-order valence-corrected chi connectivity index (χ4v) is 4.43. The number of ether oxygens (including phenoxy) is 3. The molecule has 0 atom stereocenters. The molecule has 0 saturated carbocycles. The quantitative estimate of drug-likeness (QED) is 0.384. The van der Waals surface area contributed by atoms with Gasteiger partial charge in [0.25, 0.3) is 5.91 Å². The average molecular weight is 437 g/mol. The highest BCUT2D eigenvalue weighted by Gasteiger charge is 2.10. The molecule has 0 spiro atoms. The topological polar surface area (TPSA) is 62.1 Å². The molecule has 7 heteroatoms. The highest BCUT2D eigenvalue weighted by molar-refractivity contribution is 7.16. The molecule has 4 rings (SSSR count). The predicted octanol–water partition coefficient (Wildman–Crippen LogP) is 4.41. The van der Waals surface area contributed by atoms with E-state index in [1.54, 1.807) is 7.11 Å². The molecule has 0 aliphatic heterocycles. The van der Waals surface area contributed by atoms with Crippen LogP contribution >= 0.6 is 11.3 Å². The highest BCUT2D eigenvalue weighted by atomic mass is 32.1. The third-order valence-corrected chi connectivity index (χ3v) is 5.90. The maximum atomic E-state index is 12.6. The Hall–Kier alpha value is -3.16. The molecule has 1 amide bonds. The minimum Gasteiger partial charge on any atom is -0.497 e. The Balaban J connectivity index is 1.57. The summed E-state index contributed by atoms with van der Waals surface area (Å²) in [5.74, 6) is 1.08. The molecule has 1 heterocycles. The number of fused-ring (bicyclic) bond motifs is 2. The van der Waals surface area contributed by atoms with Gasteiger partial charge >= 0.3 is 0 Å². The first-order valence-corrected chi connectivity index (χ1v) is 10.9. The van der Waals surface area contributed by atoms with Crippen molar-refractivity contribution in [3.8, 4) is 11.5 Å². The van der Waals surface area contributed by atoms with Crippen LogP contribution in [0.1, 0.15) is 6.92 Å². The van der Waals surface area contributed by atoms with Crippen molar-refractivity contribution >= 4 is 38.2 Å². The number of thiazole rings is 1. The minimum absolute atomic E-state index is 0.124. The molecule has 160 valence electrons. The molecule has 0 fully saturated rings. The third-order valence-electron chi connectivity index (χ3n) is 4.86. The fraction of sp³-hybridized carbons (Fsp3) is 0.250. The molecule has 0 N–H and O–H groups in total. The van der Waals surface area contributed by atoms with Crippen molar-refractivity contribution < 1.29 is 19.0 Å². The van der Waals surface area contributed by atoms with E-state index in [-0.39, 0.29) is 12.5 Å². The molecule has 1 aromatic heterocycles. The number of methoxy groups -OCH3 is 1. The Morgan fingerprint density at radius 1 is 1.03 bits per heavy atom. The largest absolute Gasteiger partial charge is 0.497 e. The Labute approximate surface area is 184 Å². The molecule has 0 saturated heterocycles. The van der Waals surface area contributed by atoms with Crippen LogP contribution in [0.5, 0.6) is 11.5 Å². The smallest absolute Gasteiger partial charge is 0.286 e. The zero-order chi connectivity index (χ0) is 21.6. The lowest BCUT2D eigenvalue weighted by Gasteiger charge is -2.07. The Morgan fingerprint density at radius 3 is 2.65 bits per heavy atom. The van der Waals surface area contributed by atoms with E-state index in [2.05, 4.69) is 4.99 Å². The van der Waals surface area contributed by atoms with Crippen molar-refractivity contribution in [3.63, 3.8) is 0 Å². The molecular formula is C24H24N2O4S. The van der Waals surface area contributed by atoms with Crippen molar-refractivity contribution in [2.75, 3.05) is 26.9 Å². The number of benzene rings is 3. The summed E-state index contributed by atoms with van der Waals surface area (Å²) in [6.07, 6.45) is 0. The van der Waals surface area contributed by atoms with Gasteiger partial charge in [0.1, 0.15) is 11.5 Å². The monoisotopic (exact) mass is 436 g/mol. The molecule has 31 heavy (non-hydrogen) atoms. The van der Waals surface area contributed by atoms with E-state index in [4.69, 9.17) is 14.2 Å². The van der Waals surface area contributed by atoms with Gasteiger partial charge in [-0.3, -0.25) is 4.79 Å². The highest BCUT2D eigenvalue weighted by Crippen LogP contribution is 2.23. The van der Waals surface area contributed by atoms with Gasteiger partial charge in [0.2, 0.25) is 0 Å². The minimum atomic E-state index is -0.336. The Morgan fingerprint density at radius 2 is 1.84 bits per heavy atom. The van der Waals surface area contributed by atoms with Gasteiger partial charge in [0, 0.05) is 13.2 Å². The summed E-state index contributed by atoms with van der Waals surface area (Å²) in [5.41, 5.74) is 0.993. The zero-order valence-electron chi connectivity index (χ0n) is 17.5. The molecule has 4 aromatic rings. The third kappa shape index (κ3) is 4.95. The van der Waals surface area contributed by atoms with Gasteiger partial charge in [-0.15, -0.1) is 0 Å². The summed E-state index contributed by atoms with van der Waals surface area (Å²) >= 11 is 1.45. The van der Waals surface area contributed by atoms with Crippen molar-refractivity contribution in [3.05, 3.63) is 65.5 Å². The summed E-state index contributed by atoms with van der Waals surface area (Å²) in [6.45, 7) is 3.63. The first kappa shape index (κ1) is 21.1. The molecule has 0 unspecified atom stereocenters. The van der Waals surface area contributed by atoms with Crippen LogP contribution in [-0.4, -0.2) is 37.4 Å². The van der Waals surface area contributed by atoms with Crippen LogP contribution in [0.15, 0.2) is 65.7 Å². The molecular weight excluding hydrogens is 412 g/mol. The van der Waals surface area contributed by atoms with Crippen LogP contribution in [-0.2, 0) is 16.1 Å². The normalized spacial score (nSPS) is 11.9. The van der Waals surface area contributed by atoms with Crippen molar-refractivity contribution in [2.24, 2.45) is 4.99 Å². The number of amides is 1. The second kappa shape index (κ2) is 9.76. The summed E-state index contributed by atoms with van der Waals surface area (Å²) in [5, 5.41) is 2.19. The maximum absolute atomic E-state index is 12.6. The van der Waals surface area contributed by atoms with Crippen LogP contribution in [0.25, 0.3) is 21.0 Å². The van der Waals surface area contributed by atoms with Crippen LogP contribution < -0.4 is 14.3 Å². The Kier molecular flexibility index (Phi) is 6.64. The second-order valence-electron chi connectivity index (χ2n) is 6.87. The van der Waals surface area contributed by atoms with Crippen molar-refractivity contribution in [2.45, 2.75) is 13.5 Å². The van der Waals surface area contributed by atoms with E-state index >= 15 is 0 Å². The molecule has 0 bridgehead atoms. The van der Waals surface area contributed by atoms with E-state index in [1.165, 1.54) is 11.3 Å². The van der Waals surface area contributed by atoms with Gasteiger partial charge in [0.05, 0.1) is 23.9 Å². The summed E-state index contributed by atoms with van der Waals surface area (Å²) in [7, 11) is 1.64. The summed E-state index contributed by atoms with van der Waals surface area (Å²) < 4.78 is 19.5. The Bertz CT molecular complexity index is 1280. The SMILES string of the molecule is CCOCCn1c(=NC(=O)COc2ccc3ccccc3c2)sc2cc(OC)ccc21. The lowest BCUT2D eigenvalue weighted by atomic mass is 10.1. The lowest BCUT2D eigenvalue weighted by molar-refractivity contribution is -0.120. The van der Waals surface area contributed by atoms with Crippen LogP contribution in [0.4, 0.5) is 0 Å². The number of carbonyl (C=O) groups excluding carboxylic acids is 1. The zero-order valence-corrected chi connectivity index (χ0v) is 18.4. The van der Waals surface area contributed by atoms with E-state index in [9.17, 15) is 4.79 Å². The van der Waals surface area contributed by atoms with Crippen molar-refractivity contribution in [1.82, 2.24) is 4.57 Å². The fourth-order valence-electron chi connectivity index (χ4n) is 3.32. The number of carbonyl (C=O) groups is 1. The number of hydrogen-bond donors (Lipinski definition) is 0. The second-order valence-corrected chi connectivity index (χ2v) is 7.88. The van der Waals surface area contributed by atoms with Gasteiger partial charge in [-0.1, -0.05) is 41.7 Å². The number of aromatic nitrogens is 1. The van der Waals surface area contributed by atoms with E-state index in [1.807, 2.05) is 72.2 Å². The number of hydrogen-bond acceptors (Lipinski definition) is 5. The molecule has 6 nitrogen and oxygen atoms in total. The molecule has 0 radical (unpaired) electrons. The van der Waals surface area contributed by atoms with Gasteiger partial charge < -0.3 is 18.8 Å². The van der Waals surface area contributed by atoms with Gasteiger partial charge in [0.15, 0.2) is 11.4 Å². The predicted molar refractivity (Wildman–Crippen MR) is 123 cm³/mol.